The molecular formula is C21H23F2NO4. The van der Waals surface area contributed by atoms with Crippen molar-refractivity contribution in [2.75, 3.05) is 13.2 Å². The van der Waals surface area contributed by atoms with Gasteiger partial charge < -0.3 is 14.7 Å². The molecule has 0 bridgehead atoms. The standard InChI is InChI=1S/C21H23F2NO4/c1-2-10-28-17-5-3-4-15(11-17)13-20(25)24(9-8-21(26)27)14-16-6-7-18(22)19(23)12-16/h3-7,11-12H,2,8-10,13-14H2,1H3,(H,26,27). The minimum absolute atomic E-state index is 0.00462. The zero-order valence-electron chi connectivity index (χ0n) is 15.7. The van der Waals surface area contributed by atoms with Crippen LogP contribution in [0.5, 0.6) is 5.75 Å². The summed E-state index contributed by atoms with van der Waals surface area (Å²) >= 11 is 0. The Bertz CT molecular complexity index is 826. The van der Waals surface area contributed by atoms with Gasteiger partial charge in [-0.25, -0.2) is 8.78 Å². The maximum Gasteiger partial charge on any atom is 0.305 e. The average molecular weight is 391 g/mol. The van der Waals surface area contributed by atoms with Crippen LogP contribution in [0.3, 0.4) is 0 Å². The molecule has 0 spiro atoms. The van der Waals surface area contributed by atoms with Crippen LogP contribution in [0.1, 0.15) is 30.9 Å². The lowest BCUT2D eigenvalue weighted by atomic mass is 10.1. The number of amides is 1. The van der Waals surface area contributed by atoms with Crippen LogP contribution in [-0.4, -0.2) is 35.0 Å². The molecule has 0 aliphatic carbocycles. The smallest absolute Gasteiger partial charge is 0.305 e. The summed E-state index contributed by atoms with van der Waals surface area (Å²) in [5, 5.41) is 8.94. The Morgan fingerprint density at radius 2 is 1.86 bits per heavy atom. The minimum Gasteiger partial charge on any atom is -0.494 e. The Hall–Kier alpha value is -2.96. The van der Waals surface area contributed by atoms with Crippen molar-refractivity contribution in [2.45, 2.75) is 32.7 Å². The Morgan fingerprint density at radius 3 is 2.54 bits per heavy atom. The Balaban J connectivity index is 2.11. The fraction of sp³-hybridized carbons (Fsp3) is 0.333. The number of carbonyl (C=O) groups excluding carboxylic acids is 1. The van der Waals surface area contributed by atoms with Gasteiger partial charge >= 0.3 is 5.97 Å². The highest BCUT2D eigenvalue weighted by Crippen LogP contribution is 2.16. The molecule has 0 aliphatic heterocycles. The molecular weight excluding hydrogens is 368 g/mol. The van der Waals surface area contributed by atoms with Crippen molar-refractivity contribution in [3.05, 3.63) is 65.2 Å². The molecule has 1 N–H and O–H groups in total. The molecule has 0 unspecified atom stereocenters. The van der Waals surface area contributed by atoms with Crippen molar-refractivity contribution in [2.24, 2.45) is 0 Å². The molecule has 7 heteroatoms. The van der Waals surface area contributed by atoms with Crippen molar-refractivity contribution in [3.63, 3.8) is 0 Å². The largest absolute Gasteiger partial charge is 0.494 e. The van der Waals surface area contributed by atoms with E-state index in [1.54, 1.807) is 24.3 Å². The molecule has 150 valence electrons. The van der Waals surface area contributed by atoms with Gasteiger partial charge in [0.25, 0.3) is 0 Å². The number of hydrogen-bond donors (Lipinski definition) is 1. The summed E-state index contributed by atoms with van der Waals surface area (Å²) in [6.45, 7) is 2.53. The molecule has 2 aromatic rings. The quantitative estimate of drug-likeness (QED) is 0.669. The number of hydrogen-bond acceptors (Lipinski definition) is 3. The maximum atomic E-state index is 13.5. The summed E-state index contributed by atoms with van der Waals surface area (Å²) in [4.78, 5) is 25.0. The van der Waals surface area contributed by atoms with Gasteiger partial charge in [0.1, 0.15) is 5.75 Å². The van der Waals surface area contributed by atoms with Crippen LogP contribution in [0.25, 0.3) is 0 Å². The summed E-state index contributed by atoms with van der Waals surface area (Å²) in [6.07, 6.45) is 0.669. The number of rotatable bonds is 10. The molecule has 0 heterocycles. The number of halogens is 2. The molecule has 0 fully saturated rings. The minimum atomic E-state index is -1.04. The average Bonchev–Trinajstić information content (AvgIpc) is 2.66. The molecule has 2 rings (SSSR count). The molecule has 0 saturated heterocycles. The van der Waals surface area contributed by atoms with E-state index < -0.39 is 17.6 Å². The van der Waals surface area contributed by atoms with Gasteiger partial charge in [-0.05, 0) is 41.8 Å². The van der Waals surface area contributed by atoms with Crippen molar-refractivity contribution >= 4 is 11.9 Å². The lowest BCUT2D eigenvalue weighted by Crippen LogP contribution is -2.33. The lowest BCUT2D eigenvalue weighted by molar-refractivity contribution is -0.138. The zero-order chi connectivity index (χ0) is 20.5. The van der Waals surface area contributed by atoms with Crippen LogP contribution < -0.4 is 4.74 Å². The normalized spacial score (nSPS) is 10.5. The van der Waals surface area contributed by atoms with Crippen LogP contribution in [0.4, 0.5) is 8.78 Å². The van der Waals surface area contributed by atoms with Crippen LogP contribution in [0.2, 0.25) is 0 Å². The second-order valence-corrected chi connectivity index (χ2v) is 6.38. The molecule has 1 amide bonds. The number of benzene rings is 2. The van der Waals surface area contributed by atoms with Gasteiger partial charge in [-0.2, -0.15) is 0 Å². The number of nitrogens with zero attached hydrogens (tertiary/aromatic N) is 1. The van der Waals surface area contributed by atoms with Gasteiger partial charge in [0, 0.05) is 13.1 Å². The number of aliphatic carboxylic acids is 1. The van der Waals surface area contributed by atoms with Crippen LogP contribution in [0.15, 0.2) is 42.5 Å². The summed E-state index contributed by atoms with van der Waals surface area (Å²) in [5.74, 6) is -2.68. The van der Waals surface area contributed by atoms with Gasteiger partial charge in [0.2, 0.25) is 5.91 Å². The second kappa shape index (κ2) is 10.4. The number of ether oxygens (including phenoxy) is 1. The van der Waals surface area contributed by atoms with E-state index in [2.05, 4.69) is 0 Å². The SMILES string of the molecule is CCCOc1cccc(CC(=O)N(CCC(=O)O)Cc2ccc(F)c(F)c2)c1. The maximum absolute atomic E-state index is 13.5. The van der Waals surface area contributed by atoms with Crippen molar-refractivity contribution < 1.29 is 28.2 Å². The molecule has 5 nitrogen and oxygen atoms in total. The topological polar surface area (TPSA) is 66.8 Å². The first-order chi connectivity index (χ1) is 13.4. The molecule has 2 aromatic carbocycles. The number of carbonyl (C=O) groups is 2. The Labute approximate surface area is 162 Å². The molecule has 0 radical (unpaired) electrons. The zero-order valence-corrected chi connectivity index (χ0v) is 15.7. The van der Waals surface area contributed by atoms with Gasteiger partial charge in [0.15, 0.2) is 11.6 Å². The first kappa shape index (κ1) is 21.3. The van der Waals surface area contributed by atoms with E-state index in [9.17, 15) is 18.4 Å². The van der Waals surface area contributed by atoms with E-state index >= 15 is 0 Å². The third-order valence-electron chi connectivity index (χ3n) is 4.03. The Kier molecular flexibility index (Phi) is 7.92. The molecule has 0 saturated carbocycles. The van der Waals surface area contributed by atoms with E-state index in [1.165, 1.54) is 11.0 Å². The molecule has 0 atom stereocenters. The van der Waals surface area contributed by atoms with Crippen molar-refractivity contribution in [1.29, 1.82) is 0 Å². The highest BCUT2D eigenvalue weighted by molar-refractivity contribution is 5.79. The highest BCUT2D eigenvalue weighted by atomic mass is 19.2. The van der Waals surface area contributed by atoms with E-state index in [4.69, 9.17) is 9.84 Å². The summed E-state index contributed by atoms with van der Waals surface area (Å²) < 4.78 is 32.1. The van der Waals surface area contributed by atoms with Crippen molar-refractivity contribution in [3.8, 4) is 5.75 Å². The molecule has 0 aliphatic rings. The van der Waals surface area contributed by atoms with Crippen molar-refractivity contribution in [1.82, 2.24) is 4.90 Å². The third kappa shape index (κ3) is 6.64. The highest BCUT2D eigenvalue weighted by Gasteiger charge is 2.17. The third-order valence-corrected chi connectivity index (χ3v) is 4.03. The lowest BCUT2D eigenvalue weighted by Gasteiger charge is -2.22. The van der Waals surface area contributed by atoms with Crippen LogP contribution >= 0.6 is 0 Å². The number of carboxylic acids is 1. The molecule has 28 heavy (non-hydrogen) atoms. The predicted octanol–water partition coefficient (Wildman–Crippen LogP) is 3.80. The Morgan fingerprint density at radius 1 is 1.07 bits per heavy atom. The van der Waals surface area contributed by atoms with Gasteiger partial charge in [-0.1, -0.05) is 25.1 Å². The first-order valence-corrected chi connectivity index (χ1v) is 9.04. The van der Waals surface area contributed by atoms with E-state index in [1.807, 2.05) is 6.92 Å². The van der Waals surface area contributed by atoms with Crippen LogP contribution in [0, 0.1) is 11.6 Å². The first-order valence-electron chi connectivity index (χ1n) is 9.04. The monoisotopic (exact) mass is 391 g/mol. The van der Waals surface area contributed by atoms with E-state index in [0.29, 0.717) is 17.9 Å². The molecule has 0 aromatic heterocycles. The summed E-state index contributed by atoms with van der Waals surface area (Å²) in [6, 6.07) is 10.5. The number of carboxylic acid groups (broad SMARTS) is 1. The van der Waals surface area contributed by atoms with Gasteiger partial charge in [0.05, 0.1) is 19.4 Å². The fourth-order valence-electron chi connectivity index (χ4n) is 2.63. The van der Waals surface area contributed by atoms with Gasteiger partial charge in [-0.15, -0.1) is 0 Å². The van der Waals surface area contributed by atoms with Crippen LogP contribution in [-0.2, 0) is 22.6 Å². The summed E-state index contributed by atoms with van der Waals surface area (Å²) in [5.41, 5.74) is 1.11. The predicted molar refractivity (Wildman–Crippen MR) is 100.0 cm³/mol. The van der Waals surface area contributed by atoms with E-state index in [0.717, 1.165) is 24.1 Å². The summed E-state index contributed by atoms with van der Waals surface area (Å²) in [7, 11) is 0. The second-order valence-electron chi connectivity index (χ2n) is 6.38. The van der Waals surface area contributed by atoms with Gasteiger partial charge in [-0.3, -0.25) is 9.59 Å². The van der Waals surface area contributed by atoms with E-state index in [-0.39, 0.29) is 31.8 Å². The fourth-order valence-corrected chi connectivity index (χ4v) is 2.63.